The second-order valence-corrected chi connectivity index (χ2v) is 5.80. The molecule has 98 valence electrons. The van der Waals surface area contributed by atoms with Crippen LogP contribution >= 0.6 is 31.9 Å². The van der Waals surface area contributed by atoms with Crippen molar-refractivity contribution in [3.8, 4) is 0 Å². The van der Waals surface area contributed by atoms with Crippen LogP contribution in [0.2, 0.25) is 0 Å². The van der Waals surface area contributed by atoms with Gasteiger partial charge >= 0.3 is 0 Å². The number of carbonyl (C=O) groups excluding carboxylic acids is 1. The molecule has 1 saturated heterocycles. The van der Waals surface area contributed by atoms with Crippen molar-refractivity contribution in [2.45, 2.75) is 6.04 Å². The van der Waals surface area contributed by atoms with Gasteiger partial charge in [-0.2, -0.15) is 0 Å². The summed E-state index contributed by atoms with van der Waals surface area (Å²) in [7, 11) is 0. The fourth-order valence-corrected chi connectivity index (χ4v) is 3.11. The Morgan fingerprint density at radius 3 is 2.94 bits per heavy atom. The Morgan fingerprint density at radius 2 is 2.28 bits per heavy atom. The number of aliphatic hydroxyl groups is 1. The van der Waals surface area contributed by atoms with Crippen LogP contribution in [-0.4, -0.2) is 48.3 Å². The van der Waals surface area contributed by atoms with Gasteiger partial charge < -0.3 is 14.7 Å². The van der Waals surface area contributed by atoms with Crippen LogP contribution in [0.4, 0.5) is 0 Å². The average molecular weight is 379 g/mol. The molecular weight excluding hydrogens is 366 g/mol. The van der Waals surface area contributed by atoms with Crippen LogP contribution in [0, 0.1) is 0 Å². The number of nitrogens with zero attached hydrogens (tertiary/aromatic N) is 1. The standard InChI is InChI=1S/C12H13Br2NO3/c13-8-1-2-10(11(14)5-8)12(17)15-3-4-18-7-9(15)6-16/h1-2,5,9,16H,3-4,6-7H2. The monoisotopic (exact) mass is 377 g/mol. The van der Waals surface area contributed by atoms with Gasteiger partial charge in [0.1, 0.15) is 0 Å². The van der Waals surface area contributed by atoms with Crippen LogP contribution in [-0.2, 0) is 4.74 Å². The van der Waals surface area contributed by atoms with Gasteiger partial charge in [0.25, 0.3) is 5.91 Å². The van der Waals surface area contributed by atoms with E-state index in [2.05, 4.69) is 31.9 Å². The van der Waals surface area contributed by atoms with Gasteiger partial charge in [-0.1, -0.05) is 15.9 Å². The zero-order valence-corrected chi connectivity index (χ0v) is 12.8. The van der Waals surface area contributed by atoms with Gasteiger partial charge in [-0.25, -0.2) is 0 Å². The normalized spacial score (nSPS) is 19.9. The quantitative estimate of drug-likeness (QED) is 0.856. The lowest BCUT2D eigenvalue weighted by Crippen LogP contribution is -2.50. The van der Waals surface area contributed by atoms with Gasteiger partial charge in [-0.05, 0) is 34.1 Å². The van der Waals surface area contributed by atoms with Crippen molar-refractivity contribution in [2.75, 3.05) is 26.4 Å². The largest absolute Gasteiger partial charge is 0.394 e. The van der Waals surface area contributed by atoms with Gasteiger partial charge in [0, 0.05) is 15.5 Å². The van der Waals surface area contributed by atoms with E-state index in [1.807, 2.05) is 12.1 Å². The third-order valence-corrected chi connectivity index (χ3v) is 4.01. The molecule has 4 nitrogen and oxygen atoms in total. The summed E-state index contributed by atoms with van der Waals surface area (Å²) in [5, 5.41) is 9.28. The minimum atomic E-state index is -0.262. The predicted molar refractivity (Wildman–Crippen MR) is 74.6 cm³/mol. The summed E-state index contributed by atoms with van der Waals surface area (Å²) in [5.74, 6) is -0.0864. The van der Waals surface area contributed by atoms with E-state index < -0.39 is 0 Å². The van der Waals surface area contributed by atoms with E-state index in [1.54, 1.807) is 11.0 Å². The van der Waals surface area contributed by atoms with Gasteiger partial charge in [-0.3, -0.25) is 4.79 Å². The first-order valence-electron chi connectivity index (χ1n) is 5.58. The highest BCUT2D eigenvalue weighted by Crippen LogP contribution is 2.24. The second-order valence-electron chi connectivity index (χ2n) is 4.03. The Hall–Kier alpha value is -0.430. The predicted octanol–water partition coefficient (Wildman–Crippen LogP) is 2.04. The molecule has 0 bridgehead atoms. The number of morpholine rings is 1. The molecule has 1 aliphatic rings. The van der Waals surface area contributed by atoms with Gasteiger partial charge in [-0.15, -0.1) is 0 Å². The molecule has 0 spiro atoms. The van der Waals surface area contributed by atoms with Crippen molar-refractivity contribution in [3.05, 3.63) is 32.7 Å². The van der Waals surface area contributed by atoms with E-state index in [9.17, 15) is 9.90 Å². The molecular formula is C12H13Br2NO3. The molecule has 2 rings (SSSR count). The van der Waals surface area contributed by atoms with E-state index >= 15 is 0 Å². The Kier molecular flexibility index (Phi) is 4.77. The molecule has 1 heterocycles. The lowest BCUT2D eigenvalue weighted by atomic mass is 10.1. The number of hydrogen-bond donors (Lipinski definition) is 1. The minimum absolute atomic E-state index is 0.0834. The number of rotatable bonds is 2. The molecule has 0 radical (unpaired) electrons. The first kappa shape index (κ1) is 14.0. The molecule has 18 heavy (non-hydrogen) atoms. The van der Waals surface area contributed by atoms with E-state index in [0.29, 0.717) is 25.3 Å². The number of benzene rings is 1. The maximum Gasteiger partial charge on any atom is 0.255 e. The van der Waals surface area contributed by atoms with Crippen molar-refractivity contribution < 1.29 is 14.6 Å². The number of halogens is 2. The molecule has 1 fully saturated rings. The fraction of sp³-hybridized carbons (Fsp3) is 0.417. The SMILES string of the molecule is O=C(c1ccc(Br)cc1Br)N1CCOCC1CO. The molecule has 0 aromatic heterocycles. The maximum atomic E-state index is 12.4. The third-order valence-electron chi connectivity index (χ3n) is 2.86. The zero-order chi connectivity index (χ0) is 13.1. The number of ether oxygens (including phenoxy) is 1. The Morgan fingerprint density at radius 1 is 1.50 bits per heavy atom. The maximum absolute atomic E-state index is 12.4. The highest BCUT2D eigenvalue weighted by atomic mass is 79.9. The summed E-state index contributed by atoms with van der Waals surface area (Å²) in [4.78, 5) is 14.1. The minimum Gasteiger partial charge on any atom is -0.394 e. The van der Waals surface area contributed by atoms with Crippen LogP contribution in [0.15, 0.2) is 27.1 Å². The van der Waals surface area contributed by atoms with Crippen LogP contribution < -0.4 is 0 Å². The van der Waals surface area contributed by atoms with E-state index in [0.717, 1.165) is 8.95 Å². The molecule has 1 atom stereocenters. The summed E-state index contributed by atoms with van der Waals surface area (Å²) in [5.41, 5.74) is 0.596. The first-order chi connectivity index (χ1) is 8.63. The summed E-state index contributed by atoms with van der Waals surface area (Å²) in [6, 6.07) is 5.16. The van der Waals surface area contributed by atoms with Crippen molar-refractivity contribution in [1.82, 2.24) is 4.90 Å². The Balaban J connectivity index is 2.24. The molecule has 1 unspecified atom stereocenters. The summed E-state index contributed by atoms with van der Waals surface area (Å²) in [6.07, 6.45) is 0. The van der Waals surface area contributed by atoms with Crippen molar-refractivity contribution in [1.29, 1.82) is 0 Å². The van der Waals surface area contributed by atoms with Crippen molar-refractivity contribution in [2.24, 2.45) is 0 Å². The van der Waals surface area contributed by atoms with Crippen LogP contribution in [0.5, 0.6) is 0 Å². The number of hydrogen-bond acceptors (Lipinski definition) is 3. The number of aliphatic hydroxyl groups excluding tert-OH is 1. The molecule has 0 aliphatic carbocycles. The van der Waals surface area contributed by atoms with E-state index in [4.69, 9.17) is 4.74 Å². The zero-order valence-electron chi connectivity index (χ0n) is 9.60. The lowest BCUT2D eigenvalue weighted by molar-refractivity contribution is -0.0184. The molecule has 0 saturated carbocycles. The molecule has 1 aliphatic heterocycles. The topological polar surface area (TPSA) is 49.8 Å². The van der Waals surface area contributed by atoms with E-state index in [-0.39, 0.29) is 18.6 Å². The Labute approximate surface area is 122 Å². The van der Waals surface area contributed by atoms with E-state index in [1.165, 1.54) is 0 Å². The van der Waals surface area contributed by atoms with Gasteiger partial charge in [0.05, 0.1) is 31.4 Å². The molecule has 1 aromatic carbocycles. The van der Waals surface area contributed by atoms with Crippen LogP contribution in [0.25, 0.3) is 0 Å². The first-order valence-corrected chi connectivity index (χ1v) is 7.16. The summed E-state index contributed by atoms with van der Waals surface area (Å²) >= 11 is 6.74. The summed E-state index contributed by atoms with van der Waals surface area (Å²) < 4.78 is 6.92. The van der Waals surface area contributed by atoms with Gasteiger partial charge in [0.15, 0.2) is 0 Å². The summed E-state index contributed by atoms with van der Waals surface area (Å²) in [6.45, 7) is 1.32. The van der Waals surface area contributed by atoms with Crippen molar-refractivity contribution >= 4 is 37.8 Å². The lowest BCUT2D eigenvalue weighted by Gasteiger charge is -2.34. The molecule has 6 heteroatoms. The fourth-order valence-electron chi connectivity index (χ4n) is 1.89. The average Bonchev–Trinajstić information content (AvgIpc) is 2.38. The third kappa shape index (κ3) is 2.93. The van der Waals surface area contributed by atoms with Crippen LogP contribution in [0.1, 0.15) is 10.4 Å². The second kappa shape index (κ2) is 6.14. The van der Waals surface area contributed by atoms with Crippen LogP contribution in [0.3, 0.4) is 0 Å². The highest BCUT2D eigenvalue weighted by molar-refractivity contribution is 9.11. The molecule has 1 amide bonds. The number of amides is 1. The smallest absolute Gasteiger partial charge is 0.255 e. The Bertz CT molecular complexity index is 453. The number of carbonyl (C=O) groups is 1. The molecule has 1 N–H and O–H groups in total. The molecule has 1 aromatic rings. The van der Waals surface area contributed by atoms with Crippen molar-refractivity contribution in [3.63, 3.8) is 0 Å². The highest BCUT2D eigenvalue weighted by Gasteiger charge is 2.28. The van der Waals surface area contributed by atoms with Gasteiger partial charge in [0.2, 0.25) is 0 Å².